The Morgan fingerprint density at radius 2 is 1.72 bits per heavy atom. The summed E-state index contributed by atoms with van der Waals surface area (Å²) in [4.78, 5) is 13.0. The fraction of sp³-hybridized carbons (Fsp3) is 0.273. The Kier molecular flexibility index (Phi) is 6.50. The van der Waals surface area contributed by atoms with Crippen molar-refractivity contribution >= 4 is 29.1 Å². The van der Waals surface area contributed by atoms with E-state index in [1.54, 1.807) is 36.1 Å². The minimum absolute atomic E-state index is 0.0177. The number of nitrogens with one attached hydrogen (secondary N) is 1. The normalized spacial score (nSPS) is 12.1. The predicted octanol–water partition coefficient (Wildman–Crippen LogP) is 5.63. The highest BCUT2D eigenvalue weighted by molar-refractivity contribution is 6.42. The first-order valence-electron chi connectivity index (χ1n) is 9.31. The number of ether oxygens (including phenoxy) is 1. The minimum atomic E-state index is -0.204. The highest BCUT2D eigenvalue weighted by Gasteiger charge is 2.20. The van der Waals surface area contributed by atoms with Crippen LogP contribution in [0.1, 0.15) is 31.3 Å². The van der Waals surface area contributed by atoms with E-state index in [-0.39, 0.29) is 11.9 Å². The van der Waals surface area contributed by atoms with E-state index in [0.717, 1.165) is 11.3 Å². The van der Waals surface area contributed by atoms with Crippen molar-refractivity contribution in [1.29, 1.82) is 0 Å². The van der Waals surface area contributed by atoms with Gasteiger partial charge in [0.1, 0.15) is 11.4 Å². The Balaban J connectivity index is 2.07. The van der Waals surface area contributed by atoms with Gasteiger partial charge in [-0.2, -0.15) is 5.10 Å². The van der Waals surface area contributed by atoms with E-state index in [4.69, 9.17) is 27.9 Å². The highest BCUT2D eigenvalue weighted by atomic mass is 35.5. The molecule has 2 aromatic carbocycles. The van der Waals surface area contributed by atoms with Gasteiger partial charge in [0.15, 0.2) is 0 Å². The third-order valence-corrected chi connectivity index (χ3v) is 5.57. The smallest absolute Gasteiger partial charge is 0.270 e. The summed E-state index contributed by atoms with van der Waals surface area (Å²) in [6, 6.07) is 14.5. The zero-order valence-electron chi connectivity index (χ0n) is 16.7. The number of halogens is 2. The average Bonchev–Trinajstić information content (AvgIpc) is 3.15. The van der Waals surface area contributed by atoms with Crippen molar-refractivity contribution in [2.45, 2.75) is 26.8 Å². The van der Waals surface area contributed by atoms with E-state index in [0.29, 0.717) is 33.0 Å². The maximum absolute atomic E-state index is 13.0. The minimum Gasteiger partial charge on any atom is -0.497 e. The molecule has 5 nitrogen and oxygen atoms in total. The number of hydrogen-bond donors (Lipinski definition) is 1. The number of benzene rings is 2. The number of carbonyl (C=O) groups is 1. The van der Waals surface area contributed by atoms with Crippen molar-refractivity contribution in [2.75, 3.05) is 7.11 Å². The van der Waals surface area contributed by atoms with Crippen molar-refractivity contribution in [3.63, 3.8) is 0 Å². The number of nitrogens with zero attached hydrogens (tertiary/aromatic N) is 2. The molecule has 1 heterocycles. The van der Waals surface area contributed by atoms with Crippen LogP contribution in [-0.4, -0.2) is 28.8 Å². The molecule has 0 saturated carbocycles. The van der Waals surface area contributed by atoms with Gasteiger partial charge >= 0.3 is 0 Å². The summed E-state index contributed by atoms with van der Waals surface area (Å²) in [7, 11) is 1.62. The summed E-state index contributed by atoms with van der Waals surface area (Å²) in [6.07, 6.45) is 0. The predicted molar refractivity (Wildman–Crippen MR) is 117 cm³/mol. The topological polar surface area (TPSA) is 56.1 Å². The molecular formula is C22H23Cl2N3O2. The van der Waals surface area contributed by atoms with Gasteiger partial charge in [-0.05, 0) is 61.4 Å². The number of methoxy groups -OCH3 is 1. The van der Waals surface area contributed by atoms with Gasteiger partial charge in [-0.15, -0.1) is 0 Å². The first-order valence-corrected chi connectivity index (χ1v) is 10.1. The molecule has 1 amide bonds. The molecule has 3 rings (SSSR count). The molecule has 0 aliphatic carbocycles. The summed E-state index contributed by atoms with van der Waals surface area (Å²) < 4.78 is 6.80. The first-order chi connectivity index (χ1) is 13.8. The van der Waals surface area contributed by atoms with Crippen LogP contribution in [0.4, 0.5) is 0 Å². The summed E-state index contributed by atoms with van der Waals surface area (Å²) in [5, 5.41) is 8.54. The van der Waals surface area contributed by atoms with Crippen LogP contribution >= 0.6 is 23.2 Å². The number of rotatable bonds is 6. The Morgan fingerprint density at radius 3 is 2.31 bits per heavy atom. The Bertz CT molecular complexity index is 1010. The van der Waals surface area contributed by atoms with Crippen LogP contribution in [0.15, 0.2) is 48.5 Å². The molecule has 1 aromatic heterocycles. The van der Waals surface area contributed by atoms with Crippen LogP contribution in [0.2, 0.25) is 10.0 Å². The lowest BCUT2D eigenvalue weighted by Crippen LogP contribution is -2.37. The van der Waals surface area contributed by atoms with E-state index >= 15 is 0 Å². The van der Waals surface area contributed by atoms with Crippen molar-refractivity contribution in [3.8, 4) is 22.7 Å². The van der Waals surface area contributed by atoms with Crippen LogP contribution in [0.3, 0.4) is 0 Å². The molecule has 1 unspecified atom stereocenters. The number of amides is 1. The lowest BCUT2D eigenvalue weighted by Gasteiger charge is -2.17. The van der Waals surface area contributed by atoms with E-state index in [1.807, 2.05) is 31.2 Å². The van der Waals surface area contributed by atoms with Crippen LogP contribution in [0.25, 0.3) is 16.9 Å². The summed E-state index contributed by atoms with van der Waals surface area (Å²) in [5.74, 6) is 0.854. The van der Waals surface area contributed by atoms with Crippen LogP contribution in [0.5, 0.6) is 5.75 Å². The van der Waals surface area contributed by atoms with Crippen LogP contribution < -0.4 is 10.1 Å². The number of aromatic nitrogens is 2. The molecule has 152 valence electrons. The molecule has 1 atom stereocenters. The van der Waals surface area contributed by atoms with E-state index in [2.05, 4.69) is 24.3 Å². The maximum atomic E-state index is 13.0. The van der Waals surface area contributed by atoms with Gasteiger partial charge in [0.05, 0.1) is 28.5 Å². The monoisotopic (exact) mass is 431 g/mol. The van der Waals surface area contributed by atoms with Crippen LogP contribution in [0, 0.1) is 5.92 Å². The zero-order chi connectivity index (χ0) is 21.1. The van der Waals surface area contributed by atoms with Crippen molar-refractivity contribution in [3.05, 3.63) is 64.3 Å². The molecule has 1 N–H and O–H groups in total. The largest absolute Gasteiger partial charge is 0.497 e. The van der Waals surface area contributed by atoms with Gasteiger partial charge in [-0.1, -0.05) is 37.0 Å². The molecule has 7 heteroatoms. The molecule has 0 bridgehead atoms. The van der Waals surface area contributed by atoms with E-state index in [1.165, 1.54) is 0 Å². The lowest BCUT2D eigenvalue weighted by atomic mass is 10.1. The van der Waals surface area contributed by atoms with Gasteiger partial charge in [-0.3, -0.25) is 4.79 Å². The third kappa shape index (κ3) is 4.74. The third-order valence-electron chi connectivity index (χ3n) is 4.83. The quantitative estimate of drug-likeness (QED) is 0.549. The van der Waals surface area contributed by atoms with Crippen molar-refractivity contribution in [1.82, 2.24) is 15.1 Å². The fourth-order valence-corrected chi connectivity index (χ4v) is 3.00. The summed E-state index contributed by atoms with van der Waals surface area (Å²) >= 11 is 12.2. The lowest BCUT2D eigenvalue weighted by molar-refractivity contribution is 0.0922. The Hall–Kier alpha value is -2.50. The molecule has 0 aliphatic rings. The molecule has 3 aromatic rings. The van der Waals surface area contributed by atoms with E-state index in [9.17, 15) is 4.79 Å². The van der Waals surface area contributed by atoms with Gasteiger partial charge in [0.2, 0.25) is 0 Å². The van der Waals surface area contributed by atoms with Gasteiger partial charge in [-0.25, -0.2) is 4.68 Å². The fourth-order valence-electron chi connectivity index (χ4n) is 2.71. The Labute approximate surface area is 180 Å². The average molecular weight is 432 g/mol. The van der Waals surface area contributed by atoms with Crippen molar-refractivity contribution < 1.29 is 9.53 Å². The first kappa shape index (κ1) is 21.2. The highest BCUT2D eigenvalue weighted by Crippen LogP contribution is 2.28. The number of hydrogen-bond acceptors (Lipinski definition) is 3. The van der Waals surface area contributed by atoms with Crippen molar-refractivity contribution in [2.24, 2.45) is 5.92 Å². The number of carbonyl (C=O) groups excluding carboxylic acids is 1. The van der Waals surface area contributed by atoms with E-state index < -0.39 is 0 Å². The molecule has 0 fully saturated rings. The second kappa shape index (κ2) is 8.89. The van der Waals surface area contributed by atoms with Gasteiger partial charge < -0.3 is 10.1 Å². The van der Waals surface area contributed by atoms with Gasteiger partial charge in [0, 0.05) is 11.6 Å². The SMILES string of the molecule is COc1ccc(-c2cc(C(=O)NC(C)C(C)C)n(-c3ccc(Cl)c(Cl)c3)n2)cc1. The second-order valence-electron chi connectivity index (χ2n) is 7.16. The zero-order valence-corrected chi connectivity index (χ0v) is 18.3. The molecule has 0 aliphatic heterocycles. The molecule has 0 radical (unpaired) electrons. The van der Waals surface area contributed by atoms with Gasteiger partial charge in [0.25, 0.3) is 5.91 Å². The standard InChI is InChI=1S/C22H23Cl2N3O2/c1-13(2)14(3)25-22(28)21-12-20(15-5-8-17(29-4)9-6-15)26-27(21)16-7-10-18(23)19(24)11-16/h5-14H,1-4H3,(H,25,28). The summed E-state index contributed by atoms with van der Waals surface area (Å²) in [6.45, 7) is 6.10. The molecule has 0 saturated heterocycles. The second-order valence-corrected chi connectivity index (χ2v) is 7.97. The Morgan fingerprint density at radius 1 is 1.03 bits per heavy atom. The maximum Gasteiger partial charge on any atom is 0.270 e. The molecule has 29 heavy (non-hydrogen) atoms. The molecular weight excluding hydrogens is 409 g/mol. The van der Waals surface area contributed by atoms with Crippen LogP contribution in [-0.2, 0) is 0 Å². The molecule has 0 spiro atoms. The summed E-state index contributed by atoms with van der Waals surface area (Å²) in [5.41, 5.74) is 2.61.